The van der Waals surface area contributed by atoms with Crippen molar-refractivity contribution >= 4 is 5.97 Å². The second kappa shape index (κ2) is 9.74. The van der Waals surface area contributed by atoms with Gasteiger partial charge in [0, 0.05) is 11.5 Å². The zero-order valence-corrected chi connectivity index (χ0v) is 11.6. The van der Waals surface area contributed by atoms with E-state index >= 15 is 0 Å². The zero-order valence-electron chi connectivity index (χ0n) is 11.6. The minimum absolute atomic E-state index is 0.206. The van der Waals surface area contributed by atoms with Gasteiger partial charge in [-0.3, -0.25) is 4.79 Å². The van der Waals surface area contributed by atoms with Gasteiger partial charge in [-0.1, -0.05) is 31.8 Å². The van der Waals surface area contributed by atoms with Crippen LogP contribution < -0.4 is 5.32 Å². The number of carbonyl (C=O) groups is 1. The van der Waals surface area contributed by atoms with Crippen LogP contribution in [0.25, 0.3) is 10.4 Å². The van der Waals surface area contributed by atoms with E-state index < -0.39 is 5.54 Å². The molecule has 0 radical (unpaired) electrons. The lowest BCUT2D eigenvalue weighted by Gasteiger charge is -2.31. The molecule has 0 aliphatic carbocycles. The van der Waals surface area contributed by atoms with Crippen LogP contribution in [0.1, 0.15) is 46.0 Å². The molecule has 0 saturated heterocycles. The summed E-state index contributed by atoms with van der Waals surface area (Å²) in [6.45, 7) is 5.16. The number of ether oxygens (including phenoxy) is 1. The van der Waals surface area contributed by atoms with Gasteiger partial charge in [0.1, 0.15) is 5.54 Å². The van der Waals surface area contributed by atoms with Gasteiger partial charge in [-0.2, -0.15) is 0 Å². The molecule has 0 fully saturated rings. The van der Waals surface area contributed by atoms with Gasteiger partial charge in [0.15, 0.2) is 0 Å². The SMILES string of the molecule is CCCCC(CC)(NCCCN=[N+]=[N-])C(=O)OC. The molecule has 104 valence electrons. The standard InChI is InChI=1S/C12H24N4O2/c1-4-6-8-12(5-2,11(17)18-3)14-9-7-10-15-16-13/h14H,4-10H2,1-3H3. The quantitative estimate of drug-likeness (QED) is 0.214. The first-order chi connectivity index (χ1) is 8.66. The van der Waals surface area contributed by atoms with E-state index in [1.807, 2.05) is 6.92 Å². The second-order valence-electron chi connectivity index (χ2n) is 4.27. The maximum atomic E-state index is 11.9. The van der Waals surface area contributed by atoms with Gasteiger partial charge in [-0.05, 0) is 31.3 Å². The fourth-order valence-electron chi connectivity index (χ4n) is 1.90. The summed E-state index contributed by atoms with van der Waals surface area (Å²) < 4.78 is 4.90. The van der Waals surface area contributed by atoms with Crippen molar-refractivity contribution < 1.29 is 9.53 Å². The van der Waals surface area contributed by atoms with E-state index in [4.69, 9.17) is 10.3 Å². The first kappa shape index (κ1) is 16.7. The van der Waals surface area contributed by atoms with Crippen LogP contribution >= 0.6 is 0 Å². The molecule has 0 aliphatic rings. The van der Waals surface area contributed by atoms with Crippen LogP contribution in [0.3, 0.4) is 0 Å². The van der Waals surface area contributed by atoms with E-state index in [-0.39, 0.29) is 5.97 Å². The van der Waals surface area contributed by atoms with E-state index in [2.05, 4.69) is 22.3 Å². The average molecular weight is 256 g/mol. The van der Waals surface area contributed by atoms with Gasteiger partial charge in [0.25, 0.3) is 0 Å². The van der Waals surface area contributed by atoms with Crippen LogP contribution in [0.4, 0.5) is 0 Å². The Morgan fingerprint density at radius 3 is 2.67 bits per heavy atom. The number of carbonyl (C=O) groups excluding carboxylic acids is 1. The molecular weight excluding hydrogens is 232 g/mol. The molecule has 18 heavy (non-hydrogen) atoms. The number of rotatable bonds is 10. The van der Waals surface area contributed by atoms with E-state index in [0.29, 0.717) is 19.5 Å². The number of nitrogens with zero attached hydrogens (tertiary/aromatic N) is 3. The Labute approximate surface area is 109 Å². The molecule has 0 rings (SSSR count). The average Bonchev–Trinajstić information content (AvgIpc) is 2.41. The van der Waals surface area contributed by atoms with E-state index in [1.54, 1.807) is 0 Å². The Hall–Kier alpha value is -1.26. The van der Waals surface area contributed by atoms with E-state index in [0.717, 1.165) is 25.7 Å². The summed E-state index contributed by atoms with van der Waals surface area (Å²) in [4.78, 5) is 14.6. The number of hydrogen-bond donors (Lipinski definition) is 1. The highest BCUT2D eigenvalue weighted by Gasteiger charge is 2.36. The van der Waals surface area contributed by atoms with Crippen molar-refractivity contribution in [3.8, 4) is 0 Å². The third-order valence-corrected chi connectivity index (χ3v) is 3.10. The molecular formula is C12H24N4O2. The molecule has 0 bridgehead atoms. The lowest BCUT2D eigenvalue weighted by molar-refractivity contribution is -0.149. The fourth-order valence-corrected chi connectivity index (χ4v) is 1.90. The highest BCUT2D eigenvalue weighted by molar-refractivity contribution is 5.80. The molecule has 0 heterocycles. The largest absolute Gasteiger partial charge is 0.468 e. The van der Waals surface area contributed by atoms with Crippen molar-refractivity contribution in [3.05, 3.63) is 10.4 Å². The molecule has 0 aromatic carbocycles. The molecule has 0 aromatic rings. The molecule has 0 aromatic heterocycles. The molecule has 0 aliphatic heterocycles. The number of methoxy groups -OCH3 is 1. The van der Waals surface area contributed by atoms with Crippen LogP contribution in [0.15, 0.2) is 5.11 Å². The van der Waals surface area contributed by atoms with Gasteiger partial charge < -0.3 is 10.1 Å². The summed E-state index contributed by atoms with van der Waals surface area (Å²) >= 11 is 0. The summed E-state index contributed by atoms with van der Waals surface area (Å²) in [6.07, 6.45) is 4.20. The number of hydrogen-bond acceptors (Lipinski definition) is 4. The molecule has 0 spiro atoms. The minimum Gasteiger partial charge on any atom is -0.468 e. The van der Waals surface area contributed by atoms with Crippen LogP contribution in [-0.2, 0) is 9.53 Å². The first-order valence-corrected chi connectivity index (χ1v) is 6.51. The highest BCUT2D eigenvalue weighted by Crippen LogP contribution is 2.20. The summed E-state index contributed by atoms with van der Waals surface area (Å²) in [6, 6.07) is 0. The molecule has 0 amide bonds. The van der Waals surface area contributed by atoms with Crippen molar-refractivity contribution in [2.45, 2.75) is 51.5 Å². The van der Waals surface area contributed by atoms with Crippen molar-refractivity contribution in [3.63, 3.8) is 0 Å². The topological polar surface area (TPSA) is 87.1 Å². The molecule has 1 atom stereocenters. The maximum Gasteiger partial charge on any atom is 0.326 e. The Morgan fingerprint density at radius 1 is 1.44 bits per heavy atom. The fraction of sp³-hybridized carbons (Fsp3) is 0.917. The zero-order chi connectivity index (χ0) is 13.9. The van der Waals surface area contributed by atoms with Crippen molar-refractivity contribution in [1.29, 1.82) is 0 Å². The maximum absolute atomic E-state index is 11.9. The summed E-state index contributed by atoms with van der Waals surface area (Å²) in [5.74, 6) is -0.206. The Morgan fingerprint density at radius 2 is 2.17 bits per heavy atom. The van der Waals surface area contributed by atoms with Gasteiger partial charge in [-0.15, -0.1) is 0 Å². The predicted molar refractivity (Wildman–Crippen MR) is 71.2 cm³/mol. The summed E-state index contributed by atoms with van der Waals surface area (Å²) in [5.41, 5.74) is 7.58. The molecule has 6 heteroatoms. The van der Waals surface area contributed by atoms with Gasteiger partial charge in [-0.25, -0.2) is 0 Å². The van der Waals surface area contributed by atoms with Gasteiger partial charge >= 0.3 is 5.97 Å². The predicted octanol–water partition coefficient (Wildman–Crippen LogP) is 2.79. The number of esters is 1. The first-order valence-electron chi connectivity index (χ1n) is 6.51. The summed E-state index contributed by atoms with van der Waals surface area (Å²) in [7, 11) is 1.42. The summed E-state index contributed by atoms with van der Waals surface area (Å²) in [5, 5.41) is 6.74. The van der Waals surface area contributed by atoms with Gasteiger partial charge in [0.05, 0.1) is 7.11 Å². The van der Waals surface area contributed by atoms with Crippen LogP contribution in [0, 0.1) is 0 Å². The monoisotopic (exact) mass is 256 g/mol. The van der Waals surface area contributed by atoms with Crippen LogP contribution in [0.2, 0.25) is 0 Å². The minimum atomic E-state index is -0.596. The number of unbranched alkanes of at least 4 members (excludes halogenated alkanes) is 1. The lowest BCUT2D eigenvalue weighted by Crippen LogP contribution is -2.52. The molecule has 1 N–H and O–H groups in total. The number of azide groups is 1. The lowest BCUT2D eigenvalue weighted by atomic mass is 9.89. The third kappa shape index (κ3) is 5.38. The highest BCUT2D eigenvalue weighted by atomic mass is 16.5. The second-order valence-corrected chi connectivity index (χ2v) is 4.27. The third-order valence-electron chi connectivity index (χ3n) is 3.10. The van der Waals surface area contributed by atoms with Crippen molar-refractivity contribution in [1.82, 2.24) is 5.32 Å². The van der Waals surface area contributed by atoms with Crippen molar-refractivity contribution in [2.75, 3.05) is 20.2 Å². The Balaban J connectivity index is 4.43. The number of nitrogens with one attached hydrogen (secondary N) is 1. The molecule has 1 unspecified atom stereocenters. The molecule has 0 saturated carbocycles. The Kier molecular flexibility index (Phi) is 9.06. The van der Waals surface area contributed by atoms with Crippen molar-refractivity contribution in [2.24, 2.45) is 5.11 Å². The van der Waals surface area contributed by atoms with Crippen LogP contribution in [-0.4, -0.2) is 31.7 Å². The van der Waals surface area contributed by atoms with E-state index in [1.165, 1.54) is 7.11 Å². The molecule has 6 nitrogen and oxygen atoms in total. The van der Waals surface area contributed by atoms with Crippen LogP contribution in [0.5, 0.6) is 0 Å². The van der Waals surface area contributed by atoms with Gasteiger partial charge in [0.2, 0.25) is 0 Å². The normalized spacial score (nSPS) is 13.5. The van der Waals surface area contributed by atoms with E-state index in [9.17, 15) is 4.79 Å². The smallest absolute Gasteiger partial charge is 0.326 e. The Bertz CT molecular complexity index is 290.